The van der Waals surface area contributed by atoms with Crippen LogP contribution in [0.5, 0.6) is 0 Å². The highest BCUT2D eigenvalue weighted by molar-refractivity contribution is 5.27. The lowest BCUT2D eigenvalue weighted by atomic mass is 9.44. The van der Waals surface area contributed by atoms with Crippen LogP contribution in [0.25, 0.3) is 0 Å². The molecule has 178 valence electrons. The summed E-state index contributed by atoms with van der Waals surface area (Å²) >= 11 is 0. The van der Waals surface area contributed by atoms with Crippen molar-refractivity contribution in [3.63, 3.8) is 0 Å². The summed E-state index contributed by atoms with van der Waals surface area (Å²) in [6, 6.07) is 0. The van der Waals surface area contributed by atoms with E-state index in [1.165, 1.54) is 51.4 Å². The third-order valence-corrected chi connectivity index (χ3v) is 11.6. The molecule has 11 atom stereocenters. The molecule has 5 fully saturated rings. The molecule has 1 heterocycles. The van der Waals surface area contributed by atoms with Crippen molar-refractivity contribution in [2.45, 2.75) is 123 Å². The van der Waals surface area contributed by atoms with Crippen molar-refractivity contribution in [3.8, 4) is 0 Å². The van der Waals surface area contributed by atoms with Gasteiger partial charge in [-0.1, -0.05) is 53.9 Å². The maximum Gasteiger partial charge on any atom is 0.129 e. The molecule has 4 saturated carbocycles. The van der Waals surface area contributed by atoms with Gasteiger partial charge in [0.05, 0.1) is 12.2 Å². The van der Waals surface area contributed by atoms with Crippen LogP contribution in [0.15, 0.2) is 0 Å². The standard InChI is InChI=1S/C28H48O3/c1-17(2)8-7-9-18(3)20-10-11-21-19-16-24-28(31-24)25(29)23(30-6)13-15-27(28,5)22(19)12-14-26(20,21)4/h17-25,29H,7-16H2,1-6H3/t18-,19+,20-,21+,22+,23+,24-,25-,26-,27-,28+/m1/s1. The summed E-state index contributed by atoms with van der Waals surface area (Å²) < 4.78 is 12.2. The third-order valence-electron chi connectivity index (χ3n) is 11.6. The Morgan fingerprint density at radius 2 is 1.77 bits per heavy atom. The van der Waals surface area contributed by atoms with Gasteiger partial charge >= 0.3 is 0 Å². The zero-order valence-corrected chi connectivity index (χ0v) is 21.0. The van der Waals surface area contributed by atoms with Crippen LogP contribution < -0.4 is 0 Å². The molecule has 4 aliphatic carbocycles. The SMILES string of the molecule is CO[C@H]1CC[C@]2(C)[C@H]3CC[C@]4(C)[C@@H]([C@H](C)CCCC(C)C)CC[C@H]4[C@@H]3C[C@H]3O[C@]32[C@@H]1O. The van der Waals surface area contributed by atoms with E-state index in [2.05, 4.69) is 34.6 Å². The molecule has 0 amide bonds. The number of aliphatic hydroxyl groups excluding tert-OH is 1. The number of epoxide rings is 1. The summed E-state index contributed by atoms with van der Waals surface area (Å²) in [4.78, 5) is 0. The second-order valence-electron chi connectivity index (χ2n) is 13.2. The average molecular weight is 433 g/mol. The zero-order chi connectivity index (χ0) is 22.2. The molecule has 31 heavy (non-hydrogen) atoms. The van der Waals surface area contributed by atoms with Gasteiger partial charge in [0, 0.05) is 12.5 Å². The Morgan fingerprint density at radius 1 is 1.00 bits per heavy atom. The zero-order valence-electron chi connectivity index (χ0n) is 21.0. The van der Waals surface area contributed by atoms with Crippen LogP contribution in [0.2, 0.25) is 0 Å². The van der Waals surface area contributed by atoms with E-state index in [9.17, 15) is 5.11 Å². The fraction of sp³-hybridized carbons (Fsp3) is 1.00. The summed E-state index contributed by atoms with van der Waals surface area (Å²) in [7, 11) is 1.75. The molecule has 1 N–H and O–H groups in total. The predicted molar refractivity (Wildman–Crippen MR) is 125 cm³/mol. The molecule has 3 nitrogen and oxygen atoms in total. The van der Waals surface area contributed by atoms with Gasteiger partial charge in [-0.2, -0.15) is 0 Å². The molecule has 1 saturated heterocycles. The first kappa shape index (κ1) is 22.7. The molecule has 0 bridgehead atoms. The van der Waals surface area contributed by atoms with Crippen molar-refractivity contribution in [1.29, 1.82) is 0 Å². The van der Waals surface area contributed by atoms with Crippen LogP contribution in [-0.2, 0) is 9.47 Å². The van der Waals surface area contributed by atoms with Gasteiger partial charge < -0.3 is 14.6 Å². The van der Waals surface area contributed by atoms with Gasteiger partial charge in [-0.25, -0.2) is 0 Å². The summed E-state index contributed by atoms with van der Waals surface area (Å²) in [6.45, 7) is 12.4. The lowest BCUT2D eigenvalue weighted by Crippen LogP contribution is -2.64. The molecule has 0 aromatic heterocycles. The Kier molecular flexibility index (Phi) is 5.63. The number of hydrogen-bond acceptors (Lipinski definition) is 3. The van der Waals surface area contributed by atoms with Crippen LogP contribution in [0.4, 0.5) is 0 Å². The van der Waals surface area contributed by atoms with E-state index >= 15 is 0 Å². The Hall–Kier alpha value is -0.120. The number of fused-ring (bicyclic) bond motifs is 4. The second-order valence-corrected chi connectivity index (χ2v) is 13.2. The molecular formula is C28H48O3. The van der Waals surface area contributed by atoms with Gasteiger partial charge in [-0.15, -0.1) is 0 Å². The van der Waals surface area contributed by atoms with Crippen molar-refractivity contribution < 1.29 is 14.6 Å². The van der Waals surface area contributed by atoms with Crippen LogP contribution in [0.3, 0.4) is 0 Å². The first-order valence-electron chi connectivity index (χ1n) is 13.6. The first-order chi connectivity index (χ1) is 14.7. The first-order valence-corrected chi connectivity index (χ1v) is 13.6. The highest BCUT2D eigenvalue weighted by Crippen LogP contribution is 2.74. The van der Waals surface area contributed by atoms with E-state index < -0.39 is 6.10 Å². The lowest BCUT2D eigenvalue weighted by Gasteiger charge is -2.60. The van der Waals surface area contributed by atoms with Gasteiger partial charge in [-0.3, -0.25) is 0 Å². The van der Waals surface area contributed by atoms with Gasteiger partial charge in [0.15, 0.2) is 0 Å². The number of hydrogen-bond donors (Lipinski definition) is 1. The van der Waals surface area contributed by atoms with Gasteiger partial charge in [0.25, 0.3) is 0 Å². The highest BCUT2D eigenvalue weighted by atomic mass is 16.6. The fourth-order valence-electron chi connectivity index (χ4n) is 10.00. The fourth-order valence-corrected chi connectivity index (χ4v) is 10.00. The van der Waals surface area contributed by atoms with Crippen molar-refractivity contribution >= 4 is 0 Å². The van der Waals surface area contributed by atoms with E-state index in [1.807, 2.05) is 0 Å². The predicted octanol–water partition coefficient (Wildman–Crippen LogP) is 6.22. The smallest absolute Gasteiger partial charge is 0.129 e. The van der Waals surface area contributed by atoms with Crippen molar-refractivity contribution in [2.24, 2.45) is 46.3 Å². The Balaban J connectivity index is 1.34. The van der Waals surface area contributed by atoms with Gasteiger partial charge in [-0.05, 0) is 85.9 Å². The molecular weight excluding hydrogens is 384 g/mol. The maximum atomic E-state index is 11.2. The summed E-state index contributed by atoms with van der Waals surface area (Å²) in [5.74, 6) is 4.97. The summed E-state index contributed by atoms with van der Waals surface area (Å²) in [6.07, 6.45) is 12.9. The summed E-state index contributed by atoms with van der Waals surface area (Å²) in [5.41, 5.74) is 0.326. The molecule has 0 radical (unpaired) electrons. The topological polar surface area (TPSA) is 42.0 Å². The quantitative estimate of drug-likeness (QED) is 0.506. The van der Waals surface area contributed by atoms with Crippen LogP contribution in [0, 0.1) is 46.3 Å². The van der Waals surface area contributed by atoms with Crippen molar-refractivity contribution in [1.82, 2.24) is 0 Å². The van der Waals surface area contributed by atoms with Crippen LogP contribution in [0.1, 0.15) is 98.8 Å². The normalized spacial score (nSPS) is 54.0. The van der Waals surface area contributed by atoms with Gasteiger partial charge in [0.1, 0.15) is 11.7 Å². The number of methoxy groups -OCH3 is 1. The number of ether oxygens (including phenoxy) is 2. The molecule has 3 heteroatoms. The molecule has 5 aliphatic rings. The van der Waals surface area contributed by atoms with E-state index in [0.717, 1.165) is 42.4 Å². The van der Waals surface area contributed by atoms with E-state index in [4.69, 9.17) is 9.47 Å². The Bertz CT molecular complexity index is 677. The molecule has 5 rings (SSSR count). The van der Waals surface area contributed by atoms with Crippen LogP contribution in [-0.4, -0.2) is 36.1 Å². The largest absolute Gasteiger partial charge is 0.387 e. The monoisotopic (exact) mass is 432 g/mol. The highest BCUT2D eigenvalue weighted by Gasteiger charge is 2.79. The Labute approximate surface area is 191 Å². The molecule has 0 aromatic rings. The number of aliphatic hydroxyl groups is 1. The van der Waals surface area contributed by atoms with E-state index in [1.54, 1.807) is 7.11 Å². The minimum atomic E-state index is -0.451. The molecule has 0 aromatic carbocycles. The van der Waals surface area contributed by atoms with E-state index in [0.29, 0.717) is 11.3 Å². The second kappa shape index (κ2) is 7.70. The summed E-state index contributed by atoms with van der Waals surface area (Å²) in [5, 5.41) is 11.2. The third kappa shape index (κ3) is 3.08. The maximum absolute atomic E-state index is 11.2. The average Bonchev–Trinajstić information content (AvgIpc) is 3.34. The minimum Gasteiger partial charge on any atom is -0.387 e. The molecule has 1 aliphatic heterocycles. The van der Waals surface area contributed by atoms with E-state index in [-0.39, 0.29) is 23.2 Å². The lowest BCUT2D eigenvalue weighted by molar-refractivity contribution is -0.172. The van der Waals surface area contributed by atoms with Crippen molar-refractivity contribution in [3.05, 3.63) is 0 Å². The van der Waals surface area contributed by atoms with Crippen LogP contribution >= 0.6 is 0 Å². The molecule has 1 spiro atoms. The van der Waals surface area contributed by atoms with Crippen molar-refractivity contribution in [2.75, 3.05) is 7.11 Å². The minimum absolute atomic E-state index is 0.0500. The van der Waals surface area contributed by atoms with Gasteiger partial charge in [0.2, 0.25) is 0 Å². The Morgan fingerprint density at radius 3 is 2.48 bits per heavy atom. The number of rotatable bonds is 6. The molecule has 0 unspecified atom stereocenters.